The molecule has 2 N–H and O–H groups in total. The first kappa shape index (κ1) is 17.2. The molecule has 3 rings (SSSR count). The summed E-state index contributed by atoms with van der Waals surface area (Å²) in [5.41, 5.74) is 2.62. The molecule has 1 amide bonds. The van der Waals surface area contributed by atoms with Gasteiger partial charge >= 0.3 is 0 Å². The summed E-state index contributed by atoms with van der Waals surface area (Å²) < 4.78 is 36.3. The molecule has 0 unspecified atom stereocenters. The van der Waals surface area contributed by atoms with Crippen molar-refractivity contribution in [2.24, 2.45) is 0 Å². The Bertz CT molecular complexity index is 1070. The van der Waals surface area contributed by atoms with E-state index in [0.29, 0.717) is 16.8 Å². The van der Waals surface area contributed by atoms with E-state index >= 15 is 0 Å². The highest BCUT2D eigenvalue weighted by Gasteiger charge is 2.13. The standard InChI is InChI=1S/C18H17FN2O3S/c1-11-7-14(25(2,23)24)4-6-16(11)21-18(22)8-12-10-20-17-9-13(19)3-5-15(12)17/h3-7,9-10,20H,8H2,1-2H3,(H,21,22). The molecule has 0 saturated heterocycles. The zero-order valence-electron chi connectivity index (χ0n) is 13.8. The van der Waals surface area contributed by atoms with Crippen LogP contribution in [0.15, 0.2) is 47.5 Å². The third-order valence-corrected chi connectivity index (χ3v) is 5.09. The van der Waals surface area contributed by atoms with Crippen LogP contribution in [0.5, 0.6) is 0 Å². The van der Waals surface area contributed by atoms with E-state index in [4.69, 9.17) is 0 Å². The summed E-state index contributed by atoms with van der Waals surface area (Å²) in [5.74, 6) is -0.577. The molecule has 25 heavy (non-hydrogen) atoms. The molecule has 1 heterocycles. The number of rotatable bonds is 4. The molecule has 0 bridgehead atoms. The fourth-order valence-electron chi connectivity index (χ4n) is 2.68. The second kappa shape index (κ2) is 6.33. The molecule has 0 radical (unpaired) electrons. The fraction of sp³-hybridized carbons (Fsp3) is 0.167. The normalized spacial score (nSPS) is 11.6. The number of halogens is 1. The van der Waals surface area contributed by atoms with Gasteiger partial charge in [-0.2, -0.15) is 0 Å². The van der Waals surface area contributed by atoms with Crippen molar-refractivity contribution in [3.05, 3.63) is 59.5 Å². The number of hydrogen-bond acceptors (Lipinski definition) is 3. The summed E-state index contributed by atoms with van der Waals surface area (Å²) >= 11 is 0. The van der Waals surface area contributed by atoms with E-state index in [1.165, 1.54) is 24.3 Å². The van der Waals surface area contributed by atoms with Crippen molar-refractivity contribution in [2.45, 2.75) is 18.2 Å². The second-order valence-corrected chi connectivity index (χ2v) is 7.99. The molecule has 7 heteroatoms. The summed E-state index contributed by atoms with van der Waals surface area (Å²) in [6.45, 7) is 1.73. The smallest absolute Gasteiger partial charge is 0.228 e. The predicted octanol–water partition coefficient (Wildman–Crippen LogP) is 3.20. The van der Waals surface area contributed by atoms with Crippen LogP contribution in [0.3, 0.4) is 0 Å². The SMILES string of the molecule is Cc1cc(S(C)(=O)=O)ccc1NC(=O)Cc1c[nH]c2cc(F)ccc12. The molecule has 2 aromatic carbocycles. The lowest BCUT2D eigenvalue weighted by Gasteiger charge is -2.09. The number of fused-ring (bicyclic) bond motifs is 1. The molecule has 0 fully saturated rings. The van der Waals surface area contributed by atoms with Crippen molar-refractivity contribution >= 4 is 32.3 Å². The molecule has 130 valence electrons. The molecule has 1 aromatic heterocycles. The number of carbonyl (C=O) groups is 1. The number of aryl methyl sites for hydroxylation is 1. The largest absolute Gasteiger partial charge is 0.361 e. The molecule has 0 aliphatic heterocycles. The highest BCUT2D eigenvalue weighted by atomic mass is 32.2. The summed E-state index contributed by atoms with van der Waals surface area (Å²) in [5, 5.41) is 3.57. The number of carbonyl (C=O) groups excluding carboxylic acids is 1. The van der Waals surface area contributed by atoms with Gasteiger partial charge in [0.15, 0.2) is 9.84 Å². The van der Waals surface area contributed by atoms with E-state index in [1.54, 1.807) is 25.3 Å². The third kappa shape index (κ3) is 3.71. The summed E-state index contributed by atoms with van der Waals surface area (Å²) in [7, 11) is -3.29. The Morgan fingerprint density at radius 3 is 2.64 bits per heavy atom. The molecule has 5 nitrogen and oxygen atoms in total. The molecule has 0 spiro atoms. The van der Waals surface area contributed by atoms with Crippen molar-refractivity contribution < 1.29 is 17.6 Å². The molecular formula is C18H17FN2O3S. The molecular weight excluding hydrogens is 343 g/mol. The number of anilines is 1. The van der Waals surface area contributed by atoms with Crippen LogP contribution in [0.2, 0.25) is 0 Å². The Kier molecular flexibility index (Phi) is 4.34. The molecule has 0 aliphatic rings. The minimum absolute atomic E-state index is 0.124. The highest BCUT2D eigenvalue weighted by Crippen LogP contribution is 2.22. The van der Waals surface area contributed by atoms with Crippen LogP contribution in [-0.2, 0) is 21.1 Å². The van der Waals surface area contributed by atoms with Gasteiger partial charge in [0.05, 0.1) is 11.3 Å². The van der Waals surface area contributed by atoms with Gasteiger partial charge in [-0.1, -0.05) is 0 Å². The topological polar surface area (TPSA) is 79.0 Å². The number of benzene rings is 2. The van der Waals surface area contributed by atoms with Gasteiger partial charge in [0.1, 0.15) is 5.82 Å². The van der Waals surface area contributed by atoms with E-state index in [0.717, 1.165) is 17.2 Å². The van der Waals surface area contributed by atoms with Gasteiger partial charge in [-0.05, 0) is 54.4 Å². The number of hydrogen-bond donors (Lipinski definition) is 2. The number of sulfone groups is 1. The van der Waals surface area contributed by atoms with Crippen molar-refractivity contribution in [2.75, 3.05) is 11.6 Å². The Hall–Kier alpha value is -2.67. The molecule has 3 aromatic rings. The van der Waals surface area contributed by atoms with Crippen molar-refractivity contribution in [3.63, 3.8) is 0 Å². The Labute approximate surface area is 144 Å². The number of H-pyrrole nitrogens is 1. The van der Waals surface area contributed by atoms with Gasteiger partial charge < -0.3 is 10.3 Å². The lowest BCUT2D eigenvalue weighted by atomic mass is 10.1. The Morgan fingerprint density at radius 2 is 1.96 bits per heavy atom. The summed E-state index contributed by atoms with van der Waals surface area (Å²) in [6.07, 6.45) is 2.95. The molecule has 0 saturated carbocycles. The quantitative estimate of drug-likeness (QED) is 0.750. The zero-order valence-corrected chi connectivity index (χ0v) is 14.6. The van der Waals surface area contributed by atoms with E-state index in [9.17, 15) is 17.6 Å². The van der Waals surface area contributed by atoms with Gasteiger partial charge in [0.25, 0.3) is 0 Å². The van der Waals surface area contributed by atoms with Gasteiger partial charge in [0, 0.05) is 29.0 Å². The van der Waals surface area contributed by atoms with Crippen molar-refractivity contribution in [1.29, 1.82) is 0 Å². The van der Waals surface area contributed by atoms with Crippen LogP contribution in [0, 0.1) is 12.7 Å². The van der Waals surface area contributed by atoms with Gasteiger partial charge in [0.2, 0.25) is 5.91 Å². The van der Waals surface area contributed by atoms with E-state index in [1.807, 2.05) is 0 Å². The van der Waals surface area contributed by atoms with E-state index < -0.39 is 9.84 Å². The Balaban J connectivity index is 1.78. The maximum Gasteiger partial charge on any atom is 0.228 e. The number of aromatic amines is 1. The number of nitrogens with one attached hydrogen (secondary N) is 2. The minimum atomic E-state index is -3.29. The van der Waals surface area contributed by atoms with Crippen LogP contribution in [0.4, 0.5) is 10.1 Å². The first-order valence-electron chi connectivity index (χ1n) is 7.60. The number of aromatic nitrogens is 1. The van der Waals surface area contributed by atoms with Gasteiger partial charge in [-0.15, -0.1) is 0 Å². The predicted molar refractivity (Wildman–Crippen MR) is 94.9 cm³/mol. The van der Waals surface area contributed by atoms with E-state index in [-0.39, 0.29) is 23.0 Å². The third-order valence-electron chi connectivity index (χ3n) is 3.98. The average Bonchev–Trinajstić information content (AvgIpc) is 2.90. The van der Waals surface area contributed by atoms with Crippen LogP contribution >= 0.6 is 0 Å². The van der Waals surface area contributed by atoms with Crippen LogP contribution in [0.25, 0.3) is 10.9 Å². The molecule has 0 atom stereocenters. The van der Waals surface area contributed by atoms with Crippen molar-refractivity contribution in [3.8, 4) is 0 Å². The minimum Gasteiger partial charge on any atom is -0.361 e. The van der Waals surface area contributed by atoms with Crippen LogP contribution in [-0.4, -0.2) is 25.6 Å². The first-order valence-corrected chi connectivity index (χ1v) is 9.49. The summed E-state index contributed by atoms with van der Waals surface area (Å²) in [6, 6.07) is 8.94. The highest BCUT2D eigenvalue weighted by molar-refractivity contribution is 7.90. The van der Waals surface area contributed by atoms with Gasteiger partial charge in [-0.3, -0.25) is 4.79 Å². The maximum atomic E-state index is 13.2. The van der Waals surface area contributed by atoms with E-state index in [2.05, 4.69) is 10.3 Å². The lowest BCUT2D eigenvalue weighted by molar-refractivity contribution is -0.115. The zero-order chi connectivity index (χ0) is 18.2. The first-order chi connectivity index (χ1) is 11.7. The molecule has 0 aliphatic carbocycles. The monoisotopic (exact) mass is 360 g/mol. The maximum absolute atomic E-state index is 13.2. The average molecular weight is 360 g/mol. The van der Waals surface area contributed by atoms with Crippen molar-refractivity contribution in [1.82, 2.24) is 4.98 Å². The lowest BCUT2D eigenvalue weighted by Crippen LogP contribution is -2.15. The summed E-state index contributed by atoms with van der Waals surface area (Å²) in [4.78, 5) is 15.5. The fourth-order valence-corrected chi connectivity index (χ4v) is 3.39. The van der Waals surface area contributed by atoms with Gasteiger partial charge in [-0.25, -0.2) is 12.8 Å². The number of amides is 1. The Morgan fingerprint density at radius 1 is 1.20 bits per heavy atom. The van der Waals surface area contributed by atoms with Crippen LogP contribution in [0.1, 0.15) is 11.1 Å². The second-order valence-electron chi connectivity index (χ2n) is 5.98. The van der Waals surface area contributed by atoms with Crippen LogP contribution < -0.4 is 5.32 Å².